The molecule has 0 spiro atoms. The molecule has 5 nitrogen and oxygen atoms in total. The van der Waals surface area contributed by atoms with Gasteiger partial charge in [-0.3, -0.25) is 9.63 Å². The summed E-state index contributed by atoms with van der Waals surface area (Å²) in [7, 11) is 3.22. The predicted octanol–water partition coefficient (Wildman–Crippen LogP) is 4.27. The number of aromatic amines is 1. The number of carbonyl (C=O) groups excluding carboxylic acids is 1. The molecule has 0 radical (unpaired) electrons. The van der Waals surface area contributed by atoms with Gasteiger partial charge in [0.2, 0.25) is 12.2 Å². The molecule has 1 unspecified atom stereocenters. The maximum Gasteiger partial charge on any atom is 0.249 e. The molecule has 0 saturated carbocycles. The molecule has 1 heterocycles. The van der Waals surface area contributed by atoms with Crippen LogP contribution >= 0.6 is 0 Å². The third kappa shape index (κ3) is 3.62. The van der Waals surface area contributed by atoms with E-state index in [4.69, 9.17) is 4.84 Å². The second-order valence-corrected chi connectivity index (χ2v) is 8.84. The first-order valence-electron chi connectivity index (χ1n) is 11.8. The molecule has 0 saturated heterocycles. The number of nitrogens with zero attached hydrogens (tertiary/aromatic N) is 2. The van der Waals surface area contributed by atoms with Crippen LogP contribution in [0.4, 0.5) is 0 Å². The van der Waals surface area contributed by atoms with E-state index in [-0.39, 0.29) is 11.8 Å². The Morgan fingerprint density at radius 2 is 1.41 bits per heavy atom. The highest BCUT2D eigenvalue weighted by atomic mass is 16.7. The Balaban J connectivity index is 1.76. The van der Waals surface area contributed by atoms with E-state index in [9.17, 15) is 4.79 Å². The number of H-pyrrole nitrogens is 1. The molecule has 0 aliphatic heterocycles. The van der Waals surface area contributed by atoms with Gasteiger partial charge < -0.3 is 0 Å². The average Bonchev–Trinajstić information content (AvgIpc) is 3.34. The van der Waals surface area contributed by atoms with E-state index in [1.807, 2.05) is 0 Å². The summed E-state index contributed by atoms with van der Waals surface area (Å²) >= 11 is 0. The number of carbonyl (C=O) groups is 1. The highest BCUT2D eigenvalue weighted by Gasteiger charge is 2.46. The zero-order chi connectivity index (χ0) is 23.5. The van der Waals surface area contributed by atoms with Crippen LogP contribution in [0.5, 0.6) is 0 Å². The normalized spacial score (nSPS) is 15.5. The summed E-state index contributed by atoms with van der Waals surface area (Å²) in [5, 5.41) is 1.35. The van der Waals surface area contributed by atoms with Crippen molar-refractivity contribution in [2.24, 2.45) is 5.92 Å². The summed E-state index contributed by atoms with van der Waals surface area (Å²) in [6.45, 7) is 0. The largest absolute Gasteiger partial charge is 0.275 e. The van der Waals surface area contributed by atoms with Gasteiger partial charge in [-0.2, -0.15) is 0 Å². The number of rotatable bonds is 6. The molecule has 3 aromatic carbocycles. The van der Waals surface area contributed by atoms with Crippen LogP contribution < -0.4 is 4.57 Å². The SMILES string of the molecule is CON(C)C(=O)C1CCc2[nH]c[n+](C(c3ccccc3)(c3ccccc3)c3ccccc3)c2C1. The molecule has 5 rings (SSSR count). The Morgan fingerprint density at radius 1 is 0.912 bits per heavy atom. The number of hydrogen-bond donors (Lipinski definition) is 1. The number of hydrogen-bond acceptors (Lipinski definition) is 2. The van der Waals surface area contributed by atoms with Crippen molar-refractivity contribution in [2.75, 3.05) is 14.2 Å². The van der Waals surface area contributed by atoms with Crippen LogP contribution in [0.2, 0.25) is 0 Å². The molecule has 1 atom stereocenters. The molecule has 1 aromatic heterocycles. The fraction of sp³-hybridized carbons (Fsp3) is 0.241. The first-order chi connectivity index (χ1) is 16.7. The average molecular weight is 453 g/mol. The van der Waals surface area contributed by atoms with Crippen molar-refractivity contribution >= 4 is 5.91 Å². The number of imidazole rings is 1. The topological polar surface area (TPSA) is 49.2 Å². The van der Waals surface area contributed by atoms with Crippen LogP contribution in [-0.2, 0) is 28.0 Å². The molecule has 4 aromatic rings. The van der Waals surface area contributed by atoms with Crippen molar-refractivity contribution in [2.45, 2.75) is 24.8 Å². The Labute approximate surface area is 200 Å². The van der Waals surface area contributed by atoms with Crippen molar-refractivity contribution in [1.82, 2.24) is 10.0 Å². The Hall–Kier alpha value is -3.70. The van der Waals surface area contributed by atoms with Crippen LogP contribution in [0.1, 0.15) is 34.5 Å². The number of amides is 1. The van der Waals surface area contributed by atoms with Gasteiger partial charge in [-0.15, -0.1) is 0 Å². The maximum absolute atomic E-state index is 13.0. The maximum atomic E-state index is 13.0. The fourth-order valence-corrected chi connectivity index (χ4v) is 5.35. The van der Waals surface area contributed by atoms with Gasteiger partial charge >= 0.3 is 0 Å². The highest BCUT2D eigenvalue weighted by Crippen LogP contribution is 2.38. The Morgan fingerprint density at radius 3 is 1.88 bits per heavy atom. The lowest BCUT2D eigenvalue weighted by Crippen LogP contribution is -2.60. The summed E-state index contributed by atoms with van der Waals surface area (Å²) in [5.74, 6) is -0.106. The van der Waals surface area contributed by atoms with E-state index in [1.165, 1.54) is 34.6 Å². The van der Waals surface area contributed by atoms with Crippen molar-refractivity contribution in [1.29, 1.82) is 0 Å². The zero-order valence-electron chi connectivity index (χ0n) is 19.6. The molecule has 0 fully saturated rings. The van der Waals surface area contributed by atoms with E-state index >= 15 is 0 Å². The molecule has 1 N–H and O–H groups in total. The van der Waals surface area contributed by atoms with E-state index in [2.05, 4.69) is 107 Å². The van der Waals surface area contributed by atoms with Crippen LogP contribution in [-0.4, -0.2) is 30.1 Å². The third-order valence-corrected chi connectivity index (χ3v) is 7.06. The first-order valence-corrected chi connectivity index (χ1v) is 11.8. The first kappa shape index (κ1) is 22.1. The number of aromatic nitrogens is 2. The Kier molecular flexibility index (Phi) is 6.03. The van der Waals surface area contributed by atoms with Gasteiger partial charge in [-0.25, -0.2) is 14.6 Å². The second kappa shape index (κ2) is 9.27. The van der Waals surface area contributed by atoms with Crippen LogP contribution in [0.25, 0.3) is 0 Å². The molecule has 1 aliphatic rings. The van der Waals surface area contributed by atoms with E-state index < -0.39 is 5.54 Å². The molecule has 1 amide bonds. The van der Waals surface area contributed by atoms with Crippen molar-refractivity contribution < 1.29 is 14.2 Å². The fourth-order valence-electron chi connectivity index (χ4n) is 5.35. The predicted molar refractivity (Wildman–Crippen MR) is 131 cm³/mol. The van der Waals surface area contributed by atoms with Gasteiger partial charge in [0.05, 0.1) is 7.11 Å². The molecule has 172 valence electrons. The number of aryl methyl sites for hydroxylation is 1. The van der Waals surface area contributed by atoms with E-state index in [0.29, 0.717) is 6.42 Å². The van der Waals surface area contributed by atoms with Crippen LogP contribution in [0.3, 0.4) is 0 Å². The lowest BCUT2D eigenvalue weighted by atomic mass is 9.76. The van der Waals surface area contributed by atoms with Crippen molar-refractivity contribution in [3.05, 3.63) is 125 Å². The lowest BCUT2D eigenvalue weighted by molar-refractivity contribution is -0.740. The smallest absolute Gasteiger partial charge is 0.249 e. The summed E-state index contributed by atoms with van der Waals surface area (Å²) < 4.78 is 2.36. The molecule has 0 bridgehead atoms. The summed E-state index contributed by atoms with van der Waals surface area (Å²) in [6.07, 6.45) is 4.37. The quantitative estimate of drug-likeness (QED) is 0.270. The minimum atomic E-state index is -0.591. The Bertz CT molecular complexity index is 1160. The van der Waals surface area contributed by atoms with Gasteiger partial charge in [-0.1, -0.05) is 91.0 Å². The van der Waals surface area contributed by atoms with E-state index in [1.54, 1.807) is 7.05 Å². The van der Waals surface area contributed by atoms with Crippen molar-refractivity contribution in [3.63, 3.8) is 0 Å². The molecule has 34 heavy (non-hydrogen) atoms. The van der Waals surface area contributed by atoms with Crippen molar-refractivity contribution in [3.8, 4) is 0 Å². The second-order valence-electron chi connectivity index (χ2n) is 8.84. The monoisotopic (exact) mass is 452 g/mol. The lowest BCUT2D eigenvalue weighted by Gasteiger charge is -2.35. The molecule has 5 heteroatoms. The minimum absolute atomic E-state index is 0.0191. The molecular formula is C29H30N3O2+. The molecule has 1 aliphatic carbocycles. The third-order valence-electron chi connectivity index (χ3n) is 7.06. The van der Waals surface area contributed by atoms with Crippen LogP contribution in [0.15, 0.2) is 97.3 Å². The van der Waals surface area contributed by atoms with Crippen LogP contribution in [0, 0.1) is 5.92 Å². The molecular weight excluding hydrogens is 422 g/mol. The van der Waals surface area contributed by atoms with Gasteiger partial charge in [0.1, 0.15) is 11.4 Å². The number of hydroxylamine groups is 2. The highest BCUT2D eigenvalue weighted by molar-refractivity contribution is 5.78. The summed E-state index contributed by atoms with van der Waals surface area (Å²) in [6, 6.07) is 31.9. The summed E-state index contributed by atoms with van der Waals surface area (Å²) in [4.78, 5) is 21.8. The number of fused-ring (bicyclic) bond motifs is 1. The van der Waals surface area contributed by atoms with E-state index in [0.717, 1.165) is 18.5 Å². The summed E-state index contributed by atoms with van der Waals surface area (Å²) in [5.41, 5.74) is 5.26. The van der Waals surface area contributed by atoms with Gasteiger partial charge in [0, 0.05) is 42.5 Å². The number of benzene rings is 3. The van der Waals surface area contributed by atoms with Gasteiger partial charge in [-0.05, 0) is 6.42 Å². The van der Waals surface area contributed by atoms with Gasteiger partial charge in [0.15, 0.2) is 5.54 Å². The standard InChI is InChI=1S/C29H29N3O2/c1-31(34-2)28(33)22-18-19-26-27(20-22)32(21-30-26)29(23-12-6-3-7-13-23,24-14-8-4-9-15-24)25-16-10-5-11-17-25/h3-17,21-22H,18-20H2,1-2H3/p+1. The number of nitrogens with one attached hydrogen (secondary N) is 1. The van der Waals surface area contributed by atoms with Gasteiger partial charge in [0.25, 0.3) is 0 Å². The zero-order valence-corrected chi connectivity index (χ0v) is 19.6. The minimum Gasteiger partial charge on any atom is -0.275 e.